The van der Waals surface area contributed by atoms with Crippen molar-refractivity contribution in [2.45, 2.75) is 20.3 Å². The maximum absolute atomic E-state index is 13.4. The summed E-state index contributed by atoms with van der Waals surface area (Å²) in [4.78, 5) is 17.9. The summed E-state index contributed by atoms with van der Waals surface area (Å²) in [5, 5.41) is 9.09. The van der Waals surface area contributed by atoms with Crippen molar-refractivity contribution in [2.75, 3.05) is 0 Å². The molecular formula is C17H15F3N2O2. The Labute approximate surface area is 136 Å². The Hall–Kier alpha value is -2.83. The van der Waals surface area contributed by atoms with Crippen molar-refractivity contribution in [2.24, 2.45) is 0 Å². The summed E-state index contributed by atoms with van der Waals surface area (Å²) in [6, 6.07) is 7.64. The minimum Gasteiger partial charge on any atom is -0.478 e. The molecule has 0 spiro atoms. The zero-order valence-electron chi connectivity index (χ0n) is 13.0. The van der Waals surface area contributed by atoms with E-state index in [1.54, 1.807) is 6.07 Å². The first kappa shape index (κ1) is 17.5. The molecule has 1 aromatic heterocycles. The number of aromatic carboxylic acids is 1. The molecule has 2 aromatic carbocycles. The van der Waals surface area contributed by atoms with Gasteiger partial charge in [0.1, 0.15) is 17.2 Å². The van der Waals surface area contributed by atoms with E-state index in [1.807, 2.05) is 13.8 Å². The molecule has 2 N–H and O–H groups in total. The van der Waals surface area contributed by atoms with E-state index in [9.17, 15) is 18.0 Å². The Kier molecular flexibility index (Phi) is 5.23. The van der Waals surface area contributed by atoms with Crippen LogP contribution < -0.4 is 0 Å². The van der Waals surface area contributed by atoms with Crippen molar-refractivity contribution in [1.82, 2.24) is 9.97 Å². The number of aromatic amines is 1. The highest BCUT2D eigenvalue weighted by Gasteiger charge is 2.19. The fraction of sp³-hybridized carbons (Fsp3) is 0.176. The standard InChI is InChI=1S/C15H9F3N2O2.C2H6/c16-7-5-10(15(21)22)12-11(6-7)19-14(20-12)9-4-2-1-3-8(9)13(17)18;1-2/h1-6,13H,(H,19,20)(H,21,22);1-2H3. The van der Waals surface area contributed by atoms with E-state index in [0.717, 1.165) is 12.1 Å². The molecule has 7 heteroatoms. The van der Waals surface area contributed by atoms with Gasteiger partial charge in [0.2, 0.25) is 0 Å². The van der Waals surface area contributed by atoms with Gasteiger partial charge in [0.05, 0.1) is 11.1 Å². The number of alkyl halides is 2. The largest absolute Gasteiger partial charge is 0.478 e. The zero-order chi connectivity index (χ0) is 17.9. The highest BCUT2D eigenvalue weighted by atomic mass is 19.3. The molecular weight excluding hydrogens is 321 g/mol. The molecule has 0 amide bonds. The lowest BCUT2D eigenvalue weighted by Gasteiger charge is -2.05. The number of aromatic nitrogens is 2. The van der Waals surface area contributed by atoms with Crippen LogP contribution >= 0.6 is 0 Å². The molecule has 0 saturated carbocycles. The van der Waals surface area contributed by atoms with Crippen LogP contribution in [0.15, 0.2) is 36.4 Å². The van der Waals surface area contributed by atoms with Gasteiger partial charge in [-0.25, -0.2) is 22.9 Å². The molecule has 0 bridgehead atoms. The molecule has 0 aliphatic carbocycles. The minimum absolute atomic E-state index is 0.0213. The molecule has 24 heavy (non-hydrogen) atoms. The van der Waals surface area contributed by atoms with Gasteiger partial charge in [-0.3, -0.25) is 0 Å². The normalized spacial score (nSPS) is 10.6. The number of benzene rings is 2. The van der Waals surface area contributed by atoms with Gasteiger partial charge < -0.3 is 10.1 Å². The van der Waals surface area contributed by atoms with E-state index in [4.69, 9.17) is 5.11 Å². The molecule has 126 valence electrons. The summed E-state index contributed by atoms with van der Waals surface area (Å²) in [6.45, 7) is 4.00. The molecule has 0 aliphatic rings. The third-order valence-corrected chi connectivity index (χ3v) is 3.23. The van der Waals surface area contributed by atoms with Crippen LogP contribution in [0.1, 0.15) is 36.2 Å². The summed E-state index contributed by atoms with van der Waals surface area (Å²) in [5.41, 5.74) is -0.263. The van der Waals surface area contributed by atoms with Crippen molar-refractivity contribution >= 4 is 17.0 Å². The second-order valence-electron chi connectivity index (χ2n) is 4.63. The molecule has 3 aromatic rings. The van der Waals surface area contributed by atoms with Crippen molar-refractivity contribution in [3.8, 4) is 11.4 Å². The number of carbonyl (C=O) groups is 1. The van der Waals surface area contributed by atoms with Crippen LogP contribution in [0, 0.1) is 5.82 Å². The number of rotatable bonds is 3. The topological polar surface area (TPSA) is 66.0 Å². The Bertz CT molecular complexity index is 875. The summed E-state index contributed by atoms with van der Waals surface area (Å²) < 4.78 is 39.5. The van der Waals surface area contributed by atoms with Crippen molar-refractivity contribution in [3.63, 3.8) is 0 Å². The van der Waals surface area contributed by atoms with E-state index in [0.29, 0.717) is 0 Å². The van der Waals surface area contributed by atoms with Crippen LogP contribution in [0.25, 0.3) is 22.4 Å². The van der Waals surface area contributed by atoms with Crippen LogP contribution in [-0.4, -0.2) is 21.0 Å². The van der Waals surface area contributed by atoms with E-state index in [1.165, 1.54) is 18.2 Å². The second kappa shape index (κ2) is 7.16. The van der Waals surface area contributed by atoms with Crippen molar-refractivity contribution in [1.29, 1.82) is 0 Å². The smallest absolute Gasteiger partial charge is 0.338 e. The fourth-order valence-corrected chi connectivity index (χ4v) is 2.28. The lowest BCUT2D eigenvalue weighted by molar-refractivity contribution is 0.0698. The Morgan fingerprint density at radius 1 is 1.21 bits per heavy atom. The summed E-state index contributed by atoms with van der Waals surface area (Å²) >= 11 is 0. The number of hydrogen-bond donors (Lipinski definition) is 2. The Balaban J connectivity index is 0.00000100. The van der Waals surface area contributed by atoms with E-state index in [-0.39, 0.29) is 33.5 Å². The van der Waals surface area contributed by atoms with Gasteiger partial charge in [-0.15, -0.1) is 0 Å². The lowest BCUT2D eigenvalue weighted by atomic mass is 10.1. The number of carboxylic acid groups (broad SMARTS) is 1. The van der Waals surface area contributed by atoms with E-state index < -0.39 is 18.2 Å². The van der Waals surface area contributed by atoms with Gasteiger partial charge in [-0.2, -0.15) is 0 Å². The first-order valence-electron chi connectivity index (χ1n) is 7.27. The van der Waals surface area contributed by atoms with E-state index in [2.05, 4.69) is 9.97 Å². The Morgan fingerprint density at radius 3 is 2.50 bits per heavy atom. The zero-order valence-corrected chi connectivity index (χ0v) is 13.0. The highest BCUT2D eigenvalue weighted by Crippen LogP contribution is 2.31. The molecule has 0 radical (unpaired) electrons. The highest BCUT2D eigenvalue weighted by molar-refractivity contribution is 6.01. The molecule has 1 heterocycles. The molecule has 0 saturated heterocycles. The summed E-state index contributed by atoms with van der Waals surface area (Å²) in [6.07, 6.45) is -2.71. The van der Waals surface area contributed by atoms with Gasteiger partial charge in [0, 0.05) is 11.1 Å². The summed E-state index contributed by atoms with van der Waals surface area (Å²) in [7, 11) is 0. The van der Waals surface area contributed by atoms with Crippen LogP contribution in [0.5, 0.6) is 0 Å². The van der Waals surface area contributed by atoms with Gasteiger partial charge in [0.15, 0.2) is 0 Å². The molecule has 0 fully saturated rings. The molecule has 0 atom stereocenters. The average Bonchev–Trinajstić information content (AvgIpc) is 2.99. The van der Waals surface area contributed by atoms with Crippen LogP contribution in [0.4, 0.5) is 13.2 Å². The van der Waals surface area contributed by atoms with Crippen molar-refractivity contribution in [3.05, 3.63) is 53.3 Å². The van der Waals surface area contributed by atoms with Crippen LogP contribution in [0.2, 0.25) is 0 Å². The van der Waals surface area contributed by atoms with Crippen molar-refractivity contribution < 1.29 is 23.1 Å². The SMILES string of the molecule is CC.O=C(O)c1cc(F)cc2[nH]c(-c3ccccc3C(F)F)nc12. The number of fused-ring (bicyclic) bond motifs is 1. The monoisotopic (exact) mass is 336 g/mol. The minimum atomic E-state index is -2.71. The number of nitrogens with zero attached hydrogens (tertiary/aromatic N) is 1. The molecule has 0 unspecified atom stereocenters. The predicted octanol–water partition coefficient (Wildman–Crippen LogP) is 5.03. The molecule has 3 rings (SSSR count). The first-order chi connectivity index (χ1) is 11.5. The number of imidazole rings is 1. The van der Waals surface area contributed by atoms with E-state index >= 15 is 0 Å². The Morgan fingerprint density at radius 2 is 1.88 bits per heavy atom. The number of nitrogens with one attached hydrogen (secondary N) is 1. The van der Waals surface area contributed by atoms with Gasteiger partial charge in [-0.1, -0.05) is 38.1 Å². The second-order valence-corrected chi connectivity index (χ2v) is 4.63. The van der Waals surface area contributed by atoms with Gasteiger partial charge >= 0.3 is 5.97 Å². The predicted molar refractivity (Wildman–Crippen MR) is 84.8 cm³/mol. The van der Waals surface area contributed by atoms with Gasteiger partial charge in [0.25, 0.3) is 6.43 Å². The summed E-state index contributed by atoms with van der Waals surface area (Å²) in [5.74, 6) is -2.02. The quantitative estimate of drug-likeness (QED) is 0.705. The molecule has 0 aliphatic heterocycles. The third kappa shape index (κ3) is 3.24. The maximum atomic E-state index is 13.4. The first-order valence-corrected chi connectivity index (χ1v) is 7.27. The molecule has 4 nitrogen and oxygen atoms in total. The maximum Gasteiger partial charge on any atom is 0.338 e. The number of H-pyrrole nitrogens is 1. The number of hydrogen-bond acceptors (Lipinski definition) is 2. The fourth-order valence-electron chi connectivity index (χ4n) is 2.28. The number of carboxylic acids is 1. The third-order valence-electron chi connectivity index (χ3n) is 3.23. The van der Waals surface area contributed by atoms with Crippen LogP contribution in [-0.2, 0) is 0 Å². The average molecular weight is 336 g/mol. The lowest BCUT2D eigenvalue weighted by Crippen LogP contribution is -1.98. The van der Waals surface area contributed by atoms with Crippen LogP contribution in [0.3, 0.4) is 0 Å². The van der Waals surface area contributed by atoms with Gasteiger partial charge in [-0.05, 0) is 12.1 Å². The number of halogens is 3.